The van der Waals surface area contributed by atoms with Crippen LogP contribution in [0.1, 0.15) is 11.1 Å². The Morgan fingerprint density at radius 2 is 1.29 bits per heavy atom. The van der Waals surface area contributed by atoms with E-state index in [0.29, 0.717) is 30.0 Å². The molecular formula is C22H14Br2N2O4S4. The average molecular weight is 658 g/mol. The van der Waals surface area contributed by atoms with Crippen LogP contribution in [0.4, 0.5) is 0 Å². The zero-order valence-corrected chi connectivity index (χ0v) is 23.5. The fourth-order valence-electron chi connectivity index (χ4n) is 2.94. The van der Waals surface area contributed by atoms with E-state index >= 15 is 0 Å². The van der Waals surface area contributed by atoms with Crippen molar-refractivity contribution in [3.8, 4) is 11.5 Å². The zero-order valence-electron chi connectivity index (χ0n) is 17.1. The molecule has 2 aromatic carbocycles. The molecule has 2 aliphatic rings. The molecule has 0 atom stereocenters. The summed E-state index contributed by atoms with van der Waals surface area (Å²) in [6.07, 6.45) is 3.49. The number of hydrogen-bond acceptors (Lipinski definition) is 8. The van der Waals surface area contributed by atoms with Crippen LogP contribution in [0.3, 0.4) is 0 Å². The third-order valence-corrected chi connectivity index (χ3v) is 7.72. The van der Waals surface area contributed by atoms with E-state index in [2.05, 4.69) is 42.5 Å². The van der Waals surface area contributed by atoms with Crippen molar-refractivity contribution < 1.29 is 19.1 Å². The second-order valence-electron chi connectivity index (χ2n) is 6.77. The van der Waals surface area contributed by atoms with E-state index in [4.69, 9.17) is 33.9 Å². The van der Waals surface area contributed by atoms with Crippen molar-refractivity contribution in [2.75, 3.05) is 13.2 Å². The summed E-state index contributed by atoms with van der Waals surface area (Å²) in [5.41, 5.74) is 1.49. The molecule has 2 fully saturated rings. The van der Waals surface area contributed by atoms with Gasteiger partial charge in [-0.15, -0.1) is 0 Å². The highest BCUT2D eigenvalue weighted by molar-refractivity contribution is 9.10. The number of amides is 2. The molecule has 2 amide bonds. The van der Waals surface area contributed by atoms with Crippen LogP contribution in [0, 0.1) is 0 Å². The molecule has 4 rings (SSSR count). The minimum atomic E-state index is -0.226. The lowest BCUT2D eigenvalue weighted by Crippen LogP contribution is -2.17. The summed E-state index contributed by atoms with van der Waals surface area (Å²) < 4.78 is 14.5. The van der Waals surface area contributed by atoms with E-state index in [0.717, 1.165) is 20.1 Å². The maximum absolute atomic E-state index is 12.0. The van der Waals surface area contributed by atoms with E-state index < -0.39 is 0 Å². The Bertz CT molecular complexity index is 1280. The lowest BCUT2D eigenvalue weighted by molar-refractivity contribution is -0.116. The number of hydrogen-bond donors (Lipinski definition) is 2. The molecule has 0 spiro atoms. The van der Waals surface area contributed by atoms with Gasteiger partial charge in [0.1, 0.15) is 33.4 Å². The molecule has 2 aromatic rings. The van der Waals surface area contributed by atoms with Crippen molar-refractivity contribution in [2.24, 2.45) is 0 Å². The van der Waals surface area contributed by atoms with E-state index in [1.807, 2.05) is 36.4 Å². The van der Waals surface area contributed by atoms with Crippen molar-refractivity contribution in [1.29, 1.82) is 0 Å². The number of thiocarbonyl (C=S) groups is 2. The van der Waals surface area contributed by atoms with E-state index in [1.165, 1.54) is 23.5 Å². The Kier molecular flexibility index (Phi) is 8.48. The highest BCUT2D eigenvalue weighted by Gasteiger charge is 2.23. The van der Waals surface area contributed by atoms with E-state index in [9.17, 15) is 9.59 Å². The third-order valence-electron chi connectivity index (χ3n) is 4.40. The molecule has 2 N–H and O–H groups in total. The van der Waals surface area contributed by atoms with Crippen molar-refractivity contribution >= 4 is 112 Å². The van der Waals surface area contributed by atoms with Crippen molar-refractivity contribution in [3.05, 3.63) is 66.3 Å². The standard InChI is InChI=1S/C22H14Br2N2O4S4/c23-13-3-4-15(12(7-13)9-18-20(28)26-22(32)34-18)29-5-6-30-16-10-14(24)2-1-11(16)8-17-19(27)25-21(31)33-17/h1-4,7-10H,5-6H2,(H,25,27,31)(H,26,28,32). The van der Waals surface area contributed by atoms with Crippen LogP contribution in [0.2, 0.25) is 0 Å². The fraction of sp³-hybridized carbons (Fsp3) is 0.0909. The van der Waals surface area contributed by atoms with Crippen LogP contribution in [0.25, 0.3) is 12.2 Å². The van der Waals surface area contributed by atoms with Crippen molar-refractivity contribution in [3.63, 3.8) is 0 Å². The maximum atomic E-state index is 12.0. The molecule has 2 saturated heterocycles. The van der Waals surface area contributed by atoms with Gasteiger partial charge >= 0.3 is 0 Å². The van der Waals surface area contributed by atoms with Gasteiger partial charge in [0.25, 0.3) is 11.8 Å². The molecule has 6 nitrogen and oxygen atoms in total. The Hall–Kier alpha value is -1.70. The topological polar surface area (TPSA) is 76.7 Å². The lowest BCUT2D eigenvalue weighted by Gasteiger charge is -2.13. The third kappa shape index (κ3) is 6.49. The number of thioether (sulfide) groups is 2. The zero-order chi connectivity index (χ0) is 24.2. The monoisotopic (exact) mass is 656 g/mol. The predicted octanol–water partition coefficient (Wildman–Crippen LogP) is 5.65. The van der Waals surface area contributed by atoms with Crippen molar-refractivity contribution in [1.82, 2.24) is 10.6 Å². The van der Waals surface area contributed by atoms with Crippen LogP contribution in [0.5, 0.6) is 11.5 Å². The highest BCUT2D eigenvalue weighted by atomic mass is 79.9. The molecule has 0 unspecified atom stereocenters. The maximum Gasteiger partial charge on any atom is 0.263 e. The van der Waals surface area contributed by atoms with Crippen molar-refractivity contribution in [2.45, 2.75) is 0 Å². The second kappa shape index (κ2) is 11.4. The molecule has 34 heavy (non-hydrogen) atoms. The summed E-state index contributed by atoms with van der Waals surface area (Å²) >= 11 is 19.4. The normalized spacial score (nSPS) is 17.9. The van der Waals surface area contributed by atoms with Gasteiger partial charge in [-0.25, -0.2) is 0 Å². The molecule has 0 radical (unpaired) electrons. The number of halogens is 2. The first-order chi connectivity index (χ1) is 16.3. The lowest BCUT2D eigenvalue weighted by atomic mass is 10.2. The number of carbonyl (C=O) groups excluding carboxylic acids is 2. The smallest absolute Gasteiger partial charge is 0.263 e. The number of ether oxygens (including phenoxy) is 2. The van der Waals surface area contributed by atoms with Gasteiger partial charge in [0.15, 0.2) is 0 Å². The Labute approximate surface area is 231 Å². The number of carbonyl (C=O) groups is 2. The summed E-state index contributed by atoms with van der Waals surface area (Å²) in [5.74, 6) is 0.756. The van der Waals surface area contributed by atoms with E-state index in [1.54, 1.807) is 12.2 Å². The number of nitrogens with one attached hydrogen (secondary N) is 2. The largest absolute Gasteiger partial charge is 0.489 e. The average Bonchev–Trinajstić information content (AvgIpc) is 3.27. The molecule has 12 heteroatoms. The second-order valence-corrected chi connectivity index (χ2v) is 12.0. The van der Waals surface area contributed by atoms with Gasteiger partial charge in [0.2, 0.25) is 0 Å². The SMILES string of the molecule is O=C1NC(=S)SC1=Cc1cc(Br)ccc1OCCOc1cc(Br)ccc1C=C1SC(=S)NC1=O. The van der Waals surface area contributed by atoms with Crippen LogP contribution < -0.4 is 20.1 Å². The van der Waals surface area contributed by atoms with E-state index in [-0.39, 0.29) is 25.0 Å². The fourth-order valence-corrected chi connectivity index (χ4v) is 5.73. The Morgan fingerprint density at radius 1 is 0.765 bits per heavy atom. The van der Waals surface area contributed by atoms with Gasteiger partial charge in [-0.2, -0.15) is 0 Å². The highest BCUT2D eigenvalue weighted by Crippen LogP contribution is 2.32. The minimum absolute atomic E-state index is 0.223. The predicted molar refractivity (Wildman–Crippen MR) is 152 cm³/mol. The molecule has 0 aromatic heterocycles. The number of benzene rings is 2. The minimum Gasteiger partial charge on any atom is -0.489 e. The van der Waals surface area contributed by atoms with Gasteiger partial charge in [-0.05, 0) is 42.5 Å². The van der Waals surface area contributed by atoms with Crippen LogP contribution >= 0.6 is 79.8 Å². The summed E-state index contributed by atoms with van der Waals surface area (Å²) in [6, 6.07) is 11.1. The first-order valence-electron chi connectivity index (χ1n) is 9.63. The first-order valence-corrected chi connectivity index (χ1v) is 13.7. The molecule has 0 aliphatic carbocycles. The van der Waals surface area contributed by atoms with Gasteiger partial charge < -0.3 is 20.1 Å². The first kappa shape index (κ1) is 25.4. The summed E-state index contributed by atoms with van der Waals surface area (Å²) in [4.78, 5) is 25.0. The number of rotatable bonds is 7. The van der Waals surface area contributed by atoms with Crippen LogP contribution in [0.15, 0.2) is 55.2 Å². The van der Waals surface area contributed by atoms with Crippen LogP contribution in [-0.2, 0) is 9.59 Å². The molecule has 2 aliphatic heterocycles. The molecule has 2 heterocycles. The summed E-state index contributed by atoms with van der Waals surface area (Å²) in [5, 5.41) is 5.21. The van der Waals surface area contributed by atoms with Gasteiger partial charge in [-0.1, -0.05) is 85.9 Å². The molecular weight excluding hydrogens is 644 g/mol. The molecule has 0 bridgehead atoms. The summed E-state index contributed by atoms with van der Waals surface area (Å²) in [7, 11) is 0. The Balaban J connectivity index is 1.44. The van der Waals surface area contributed by atoms with Gasteiger partial charge in [0, 0.05) is 20.1 Å². The van der Waals surface area contributed by atoms with Crippen LogP contribution in [-0.4, -0.2) is 33.7 Å². The molecule has 174 valence electrons. The Morgan fingerprint density at radius 3 is 1.88 bits per heavy atom. The quantitative estimate of drug-likeness (QED) is 0.225. The summed E-state index contributed by atoms with van der Waals surface area (Å²) in [6.45, 7) is 0.521. The van der Waals surface area contributed by atoms with Gasteiger partial charge in [0.05, 0.1) is 9.81 Å². The van der Waals surface area contributed by atoms with Gasteiger partial charge in [-0.3, -0.25) is 9.59 Å². The molecule has 0 saturated carbocycles.